The molecule has 0 saturated carbocycles. The Balaban J connectivity index is 2.35. The van der Waals surface area contributed by atoms with E-state index in [9.17, 15) is 4.79 Å². The van der Waals surface area contributed by atoms with Gasteiger partial charge in [-0.15, -0.1) is 12.3 Å². The first-order valence-electron chi connectivity index (χ1n) is 5.08. The van der Waals surface area contributed by atoms with Crippen LogP contribution in [0.2, 0.25) is 0 Å². The Kier molecular flexibility index (Phi) is 5.58. The maximum absolute atomic E-state index is 11.5. The van der Waals surface area contributed by atoms with Gasteiger partial charge in [0.2, 0.25) is 5.91 Å². The third-order valence-electron chi connectivity index (χ3n) is 2.01. The van der Waals surface area contributed by atoms with Crippen molar-refractivity contribution in [2.24, 2.45) is 0 Å². The monoisotopic (exact) mass is 280 g/mol. The second-order valence-electron chi connectivity index (χ2n) is 3.30. The molecule has 0 unspecified atom stereocenters. The molecule has 1 amide bonds. The van der Waals surface area contributed by atoms with Crippen molar-refractivity contribution in [3.05, 3.63) is 22.9 Å². The lowest BCUT2D eigenvalue weighted by atomic mass is 10.2. The van der Waals surface area contributed by atoms with Gasteiger partial charge in [-0.1, -0.05) is 0 Å². The summed E-state index contributed by atoms with van der Waals surface area (Å²) in [6.45, 7) is 0. The number of anilines is 1. The molecule has 0 bridgehead atoms. The van der Waals surface area contributed by atoms with Crippen LogP contribution in [0.3, 0.4) is 0 Å². The second-order valence-corrected chi connectivity index (χ2v) is 4.05. The number of unbranched alkanes of at least 4 members (excludes halogenated alkanes) is 2. The SMILES string of the molecule is C#CCCCCC(=O)Nc1cccnc1Br. The van der Waals surface area contributed by atoms with E-state index in [1.54, 1.807) is 18.3 Å². The molecule has 84 valence electrons. The van der Waals surface area contributed by atoms with Gasteiger partial charge in [0.15, 0.2) is 0 Å². The number of terminal acetylenes is 1. The minimum atomic E-state index is -0.00859. The van der Waals surface area contributed by atoms with Crippen molar-refractivity contribution in [2.45, 2.75) is 25.7 Å². The van der Waals surface area contributed by atoms with E-state index in [0.717, 1.165) is 19.3 Å². The van der Waals surface area contributed by atoms with E-state index in [4.69, 9.17) is 6.42 Å². The van der Waals surface area contributed by atoms with E-state index < -0.39 is 0 Å². The molecular formula is C12H13BrN2O. The number of halogens is 1. The number of carbonyl (C=O) groups is 1. The number of hydrogen-bond acceptors (Lipinski definition) is 2. The van der Waals surface area contributed by atoms with Gasteiger partial charge in [0.05, 0.1) is 5.69 Å². The van der Waals surface area contributed by atoms with Crippen molar-refractivity contribution in [3.63, 3.8) is 0 Å². The Morgan fingerprint density at radius 1 is 1.56 bits per heavy atom. The highest BCUT2D eigenvalue weighted by molar-refractivity contribution is 9.10. The van der Waals surface area contributed by atoms with Crippen molar-refractivity contribution in [1.82, 2.24) is 4.98 Å². The Bertz CT molecular complexity index is 398. The van der Waals surface area contributed by atoms with Crippen LogP contribution in [-0.2, 0) is 4.79 Å². The summed E-state index contributed by atoms with van der Waals surface area (Å²) in [7, 11) is 0. The predicted molar refractivity (Wildman–Crippen MR) is 67.9 cm³/mol. The molecule has 0 atom stereocenters. The van der Waals surface area contributed by atoms with Crippen LogP contribution in [0, 0.1) is 12.3 Å². The molecule has 0 radical (unpaired) electrons. The van der Waals surface area contributed by atoms with Gasteiger partial charge < -0.3 is 5.32 Å². The summed E-state index contributed by atoms with van der Waals surface area (Å²) in [6, 6.07) is 3.58. The maximum atomic E-state index is 11.5. The molecule has 0 aliphatic carbocycles. The molecule has 0 aliphatic heterocycles. The largest absolute Gasteiger partial charge is 0.324 e. The summed E-state index contributed by atoms with van der Waals surface area (Å²) in [5.74, 6) is 2.54. The van der Waals surface area contributed by atoms with Crippen molar-refractivity contribution >= 4 is 27.5 Å². The van der Waals surface area contributed by atoms with E-state index in [1.807, 2.05) is 0 Å². The molecule has 1 heterocycles. The molecule has 4 heteroatoms. The Morgan fingerprint density at radius 2 is 2.38 bits per heavy atom. The van der Waals surface area contributed by atoms with Crippen LogP contribution in [0.4, 0.5) is 5.69 Å². The van der Waals surface area contributed by atoms with Crippen molar-refractivity contribution < 1.29 is 4.79 Å². The summed E-state index contributed by atoms with van der Waals surface area (Å²) >= 11 is 3.27. The van der Waals surface area contributed by atoms with Crippen LogP contribution in [0.15, 0.2) is 22.9 Å². The molecule has 0 fully saturated rings. The summed E-state index contributed by atoms with van der Waals surface area (Å²) in [4.78, 5) is 15.5. The average Bonchev–Trinajstić information content (AvgIpc) is 2.28. The number of pyridine rings is 1. The topological polar surface area (TPSA) is 42.0 Å². The van der Waals surface area contributed by atoms with Gasteiger partial charge >= 0.3 is 0 Å². The molecule has 1 N–H and O–H groups in total. The zero-order chi connectivity index (χ0) is 11.8. The van der Waals surface area contributed by atoms with Crippen LogP contribution < -0.4 is 5.32 Å². The summed E-state index contributed by atoms with van der Waals surface area (Å²) in [6.07, 6.45) is 9.70. The van der Waals surface area contributed by atoms with Crippen LogP contribution in [0.1, 0.15) is 25.7 Å². The van der Waals surface area contributed by atoms with E-state index in [-0.39, 0.29) is 5.91 Å². The fourth-order valence-corrected chi connectivity index (χ4v) is 1.55. The van der Waals surface area contributed by atoms with E-state index in [0.29, 0.717) is 16.7 Å². The van der Waals surface area contributed by atoms with Crippen molar-refractivity contribution in [1.29, 1.82) is 0 Å². The number of rotatable bonds is 5. The third kappa shape index (κ3) is 4.45. The maximum Gasteiger partial charge on any atom is 0.224 e. The van der Waals surface area contributed by atoms with Gasteiger partial charge in [0.1, 0.15) is 4.60 Å². The van der Waals surface area contributed by atoms with Gasteiger partial charge in [-0.25, -0.2) is 4.98 Å². The van der Waals surface area contributed by atoms with E-state index in [2.05, 4.69) is 32.2 Å². The zero-order valence-corrected chi connectivity index (χ0v) is 10.5. The first-order chi connectivity index (χ1) is 7.74. The Morgan fingerprint density at radius 3 is 3.06 bits per heavy atom. The number of carbonyl (C=O) groups excluding carboxylic acids is 1. The highest BCUT2D eigenvalue weighted by Crippen LogP contribution is 2.18. The molecule has 0 aliphatic rings. The highest BCUT2D eigenvalue weighted by atomic mass is 79.9. The lowest BCUT2D eigenvalue weighted by Gasteiger charge is -2.05. The molecule has 1 rings (SSSR count). The molecule has 0 spiro atoms. The van der Waals surface area contributed by atoms with Crippen LogP contribution >= 0.6 is 15.9 Å². The van der Waals surface area contributed by atoms with Gasteiger partial charge in [0, 0.05) is 19.0 Å². The summed E-state index contributed by atoms with van der Waals surface area (Å²) in [5.41, 5.74) is 0.699. The summed E-state index contributed by atoms with van der Waals surface area (Å²) in [5, 5.41) is 2.79. The lowest BCUT2D eigenvalue weighted by Crippen LogP contribution is -2.11. The van der Waals surface area contributed by atoms with Crippen molar-refractivity contribution in [3.8, 4) is 12.3 Å². The number of amides is 1. The smallest absolute Gasteiger partial charge is 0.224 e. The molecule has 1 aromatic rings. The zero-order valence-electron chi connectivity index (χ0n) is 8.87. The highest BCUT2D eigenvalue weighted by Gasteiger charge is 2.04. The Labute approximate surface area is 104 Å². The van der Waals surface area contributed by atoms with Gasteiger partial charge in [-0.05, 0) is 40.9 Å². The summed E-state index contributed by atoms with van der Waals surface area (Å²) < 4.78 is 0.645. The third-order valence-corrected chi connectivity index (χ3v) is 2.64. The first-order valence-corrected chi connectivity index (χ1v) is 5.87. The molecule has 0 saturated heterocycles. The van der Waals surface area contributed by atoms with Gasteiger partial charge in [-0.3, -0.25) is 4.79 Å². The molecular weight excluding hydrogens is 268 g/mol. The fourth-order valence-electron chi connectivity index (χ4n) is 1.20. The second kappa shape index (κ2) is 7.02. The number of nitrogens with zero attached hydrogens (tertiary/aromatic N) is 1. The molecule has 0 aromatic carbocycles. The van der Waals surface area contributed by atoms with Crippen LogP contribution in [-0.4, -0.2) is 10.9 Å². The van der Waals surface area contributed by atoms with E-state index in [1.165, 1.54) is 0 Å². The minimum absolute atomic E-state index is 0.00859. The quantitative estimate of drug-likeness (QED) is 0.512. The lowest BCUT2D eigenvalue weighted by molar-refractivity contribution is -0.116. The van der Waals surface area contributed by atoms with Gasteiger partial charge in [-0.2, -0.15) is 0 Å². The number of nitrogens with one attached hydrogen (secondary N) is 1. The fraction of sp³-hybridized carbons (Fsp3) is 0.333. The predicted octanol–water partition coefficient (Wildman–Crippen LogP) is 2.98. The number of hydrogen-bond donors (Lipinski definition) is 1. The average molecular weight is 281 g/mol. The van der Waals surface area contributed by atoms with Gasteiger partial charge in [0.25, 0.3) is 0 Å². The van der Waals surface area contributed by atoms with Crippen molar-refractivity contribution in [2.75, 3.05) is 5.32 Å². The van der Waals surface area contributed by atoms with E-state index >= 15 is 0 Å². The standard InChI is InChI=1S/C12H13BrN2O/c1-2-3-4-5-8-11(16)15-10-7-6-9-14-12(10)13/h1,6-7,9H,3-5,8H2,(H,15,16). The van der Waals surface area contributed by atoms with Crippen LogP contribution in [0.5, 0.6) is 0 Å². The minimum Gasteiger partial charge on any atom is -0.324 e. The first kappa shape index (κ1) is 12.7. The molecule has 3 nitrogen and oxygen atoms in total. The molecule has 16 heavy (non-hydrogen) atoms. The normalized spacial score (nSPS) is 9.50. The molecule has 1 aromatic heterocycles. The Hall–Kier alpha value is -1.34. The van der Waals surface area contributed by atoms with Crippen LogP contribution in [0.25, 0.3) is 0 Å². The number of aromatic nitrogens is 1.